The summed E-state index contributed by atoms with van der Waals surface area (Å²) in [6, 6.07) is 6.42. The molecule has 0 atom stereocenters. The number of benzene rings is 1. The summed E-state index contributed by atoms with van der Waals surface area (Å²) in [4.78, 5) is 8.90. The third-order valence-electron chi connectivity index (χ3n) is 3.13. The van der Waals surface area contributed by atoms with Crippen molar-refractivity contribution in [2.24, 2.45) is 0 Å². The Balaban J connectivity index is 0.000000182. The second-order valence-corrected chi connectivity index (χ2v) is 5.41. The van der Waals surface area contributed by atoms with Crippen LogP contribution in [0.4, 0.5) is 13.2 Å². The molecule has 0 aromatic heterocycles. The first-order valence-electron chi connectivity index (χ1n) is 5.68. The number of hydrogen-bond donors (Lipinski definition) is 2. The van der Waals surface area contributed by atoms with Crippen LogP contribution in [0.1, 0.15) is 11.1 Å². The molecule has 1 spiro atoms. The third kappa shape index (κ3) is 2.97. The molecule has 0 radical (unpaired) electrons. The molecule has 20 heavy (non-hydrogen) atoms. The van der Waals surface area contributed by atoms with Crippen LogP contribution in [0, 0.1) is 0 Å². The highest BCUT2D eigenvalue weighted by Crippen LogP contribution is 2.40. The van der Waals surface area contributed by atoms with Crippen molar-refractivity contribution >= 4 is 21.9 Å². The van der Waals surface area contributed by atoms with Crippen molar-refractivity contribution in [2.45, 2.75) is 18.4 Å². The minimum Gasteiger partial charge on any atom is -0.475 e. The second-order valence-electron chi connectivity index (χ2n) is 4.49. The highest BCUT2D eigenvalue weighted by molar-refractivity contribution is 9.10. The van der Waals surface area contributed by atoms with Crippen molar-refractivity contribution in [3.63, 3.8) is 0 Å². The second kappa shape index (κ2) is 5.34. The zero-order valence-electron chi connectivity index (χ0n) is 10.1. The van der Waals surface area contributed by atoms with Gasteiger partial charge in [0, 0.05) is 17.6 Å². The Bertz CT molecular complexity index is 529. The Hall–Kier alpha value is -1.12. The molecule has 0 saturated carbocycles. The molecule has 1 aromatic carbocycles. The summed E-state index contributed by atoms with van der Waals surface area (Å²) >= 11 is 3.47. The van der Waals surface area contributed by atoms with E-state index in [-0.39, 0.29) is 5.60 Å². The predicted octanol–water partition coefficient (Wildman–Crippen LogP) is 2.41. The fraction of sp³-hybridized carbons (Fsp3) is 0.417. The zero-order chi connectivity index (χ0) is 15.0. The van der Waals surface area contributed by atoms with E-state index in [4.69, 9.17) is 14.6 Å². The number of alkyl halides is 3. The van der Waals surface area contributed by atoms with Crippen LogP contribution in [-0.4, -0.2) is 30.3 Å². The fourth-order valence-electron chi connectivity index (χ4n) is 2.06. The average molecular weight is 354 g/mol. The Morgan fingerprint density at radius 1 is 1.40 bits per heavy atom. The van der Waals surface area contributed by atoms with E-state index in [1.165, 1.54) is 11.1 Å². The largest absolute Gasteiger partial charge is 0.490 e. The van der Waals surface area contributed by atoms with E-state index in [9.17, 15) is 13.2 Å². The van der Waals surface area contributed by atoms with E-state index in [1.54, 1.807) is 0 Å². The Morgan fingerprint density at radius 2 is 2.00 bits per heavy atom. The molecule has 1 fully saturated rings. The normalized spacial score (nSPS) is 18.8. The van der Waals surface area contributed by atoms with Gasteiger partial charge in [-0.2, -0.15) is 13.2 Å². The van der Waals surface area contributed by atoms with Crippen LogP contribution in [0.5, 0.6) is 0 Å². The predicted molar refractivity (Wildman–Crippen MR) is 67.2 cm³/mol. The number of nitrogens with one attached hydrogen (secondary N) is 1. The van der Waals surface area contributed by atoms with Gasteiger partial charge in [0.05, 0.1) is 6.61 Å². The smallest absolute Gasteiger partial charge is 0.475 e. The number of ether oxygens (including phenoxy) is 1. The molecule has 2 N–H and O–H groups in total. The molecule has 2 heterocycles. The SMILES string of the molecule is Brc1ccc2c(c1)COC21CNC1.O=C(O)C(F)(F)F. The molecule has 3 rings (SSSR count). The number of fused-ring (bicyclic) bond motifs is 2. The lowest BCUT2D eigenvalue weighted by atomic mass is 9.87. The van der Waals surface area contributed by atoms with Crippen molar-refractivity contribution in [1.82, 2.24) is 5.32 Å². The Labute approximate surface area is 121 Å². The van der Waals surface area contributed by atoms with Gasteiger partial charge < -0.3 is 15.2 Å². The van der Waals surface area contributed by atoms with Crippen LogP contribution in [0.25, 0.3) is 0 Å². The molecule has 4 nitrogen and oxygen atoms in total. The maximum atomic E-state index is 10.6. The van der Waals surface area contributed by atoms with Gasteiger partial charge in [0.15, 0.2) is 0 Å². The summed E-state index contributed by atoms with van der Waals surface area (Å²) in [6.07, 6.45) is -5.08. The van der Waals surface area contributed by atoms with Crippen LogP contribution in [0.15, 0.2) is 22.7 Å². The molecule has 0 unspecified atom stereocenters. The number of aliphatic carboxylic acids is 1. The maximum Gasteiger partial charge on any atom is 0.490 e. The molecule has 0 aliphatic carbocycles. The van der Waals surface area contributed by atoms with Crippen LogP contribution in [-0.2, 0) is 21.7 Å². The molecule has 110 valence electrons. The number of rotatable bonds is 0. The molecule has 0 amide bonds. The van der Waals surface area contributed by atoms with Crippen LogP contribution in [0.3, 0.4) is 0 Å². The van der Waals surface area contributed by atoms with Gasteiger partial charge in [-0.3, -0.25) is 0 Å². The highest BCUT2D eigenvalue weighted by Gasteiger charge is 2.45. The van der Waals surface area contributed by atoms with E-state index < -0.39 is 12.1 Å². The van der Waals surface area contributed by atoms with Crippen molar-refractivity contribution in [2.75, 3.05) is 13.1 Å². The van der Waals surface area contributed by atoms with Gasteiger partial charge in [0.25, 0.3) is 0 Å². The first-order valence-corrected chi connectivity index (χ1v) is 6.48. The van der Waals surface area contributed by atoms with Crippen LogP contribution in [0.2, 0.25) is 0 Å². The lowest BCUT2D eigenvalue weighted by Crippen LogP contribution is -2.56. The molecule has 2 aliphatic rings. The van der Waals surface area contributed by atoms with Crippen molar-refractivity contribution < 1.29 is 27.8 Å². The van der Waals surface area contributed by atoms with Gasteiger partial charge in [-0.25, -0.2) is 4.79 Å². The van der Waals surface area contributed by atoms with Crippen molar-refractivity contribution in [3.8, 4) is 0 Å². The van der Waals surface area contributed by atoms with Crippen molar-refractivity contribution in [1.29, 1.82) is 0 Å². The Kier molecular flexibility index (Phi) is 4.08. The van der Waals surface area contributed by atoms with E-state index in [2.05, 4.69) is 39.4 Å². The van der Waals surface area contributed by atoms with Gasteiger partial charge in [0.1, 0.15) is 5.60 Å². The molecule has 0 bridgehead atoms. The summed E-state index contributed by atoms with van der Waals surface area (Å²) in [5.41, 5.74) is 2.71. The maximum absolute atomic E-state index is 10.6. The zero-order valence-corrected chi connectivity index (χ0v) is 11.7. The summed E-state index contributed by atoms with van der Waals surface area (Å²) < 4.78 is 38.7. The first kappa shape index (κ1) is 15.3. The number of halogens is 4. The summed E-state index contributed by atoms with van der Waals surface area (Å²) in [5, 5.41) is 10.4. The number of carboxylic acids is 1. The fourth-order valence-corrected chi connectivity index (χ4v) is 2.47. The lowest BCUT2D eigenvalue weighted by molar-refractivity contribution is -0.192. The van der Waals surface area contributed by atoms with Crippen LogP contribution >= 0.6 is 15.9 Å². The minimum atomic E-state index is -5.08. The van der Waals surface area contributed by atoms with E-state index in [1.807, 2.05) is 0 Å². The van der Waals surface area contributed by atoms with E-state index in [0.29, 0.717) is 0 Å². The van der Waals surface area contributed by atoms with Gasteiger partial charge in [0.2, 0.25) is 0 Å². The van der Waals surface area contributed by atoms with Crippen LogP contribution < -0.4 is 5.32 Å². The number of carboxylic acid groups (broad SMARTS) is 1. The van der Waals surface area contributed by atoms with Gasteiger partial charge in [-0.15, -0.1) is 0 Å². The van der Waals surface area contributed by atoms with Crippen molar-refractivity contribution in [3.05, 3.63) is 33.8 Å². The van der Waals surface area contributed by atoms with Gasteiger partial charge in [-0.05, 0) is 23.3 Å². The summed E-state index contributed by atoms with van der Waals surface area (Å²) in [7, 11) is 0. The molecular weight excluding hydrogens is 343 g/mol. The topological polar surface area (TPSA) is 58.6 Å². The quantitative estimate of drug-likeness (QED) is 0.751. The first-order chi connectivity index (χ1) is 9.24. The Morgan fingerprint density at radius 3 is 2.45 bits per heavy atom. The molecule has 1 saturated heterocycles. The molecule has 8 heteroatoms. The highest BCUT2D eigenvalue weighted by atomic mass is 79.9. The summed E-state index contributed by atoms with van der Waals surface area (Å²) in [6.45, 7) is 2.68. The third-order valence-corrected chi connectivity index (χ3v) is 3.62. The average Bonchev–Trinajstić information content (AvgIpc) is 2.66. The summed E-state index contributed by atoms with van der Waals surface area (Å²) in [5.74, 6) is -2.76. The number of carbonyl (C=O) groups is 1. The lowest BCUT2D eigenvalue weighted by Gasteiger charge is -2.39. The minimum absolute atomic E-state index is 0.00995. The molecular formula is C12H11BrF3NO3. The van der Waals surface area contributed by atoms with Gasteiger partial charge >= 0.3 is 12.1 Å². The monoisotopic (exact) mass is 353 g/mol. The van der Waals surface area contributed by atoms with E-state index in [0.717, 1.165) is 24.2 Å². The number of hydrogen-bond acceptors (Lipinski definition) is 3. The van der Waals surface area contributed by atoms with E-state index >= 15 is 0 Å². The molecule has 1 aromatic rings. The van der Waals surface area contributed by atoms with Gasteiger partial charge in [-0.1, -0.05) is 22.0 Å². The standard InChI is InChI=1S/C10H10BrNO.C2HF3O2/c11-8-1-2-9-7(3-8)4-13-10(9)5-12-6-10;3-2(4,5)1(6)7/h1-3,12H,4-6H2;(H,6,7). The molecule has 2 aliphatic heterocycles.